The maximum atomic E-state index is 13.1. The van der Waals surface area contributed by atoms with Crippen molar-refractivity contribution in [3.05, 3.63) is 57.6 Å². The van der Waals surface area contributed by atoms with Crippen molar-refractivity contribution in [2.45, 2.75) is 18.7 Å². The van der Waals surface area contributed by atoms with Gasteiger partial charge in [0.25, 0.3) is 5.69 Å². The zero-order valence-electron chi connectivity index (χ0n) is 15.5. The first kappa shape index (κ1) is 22.1. The number of nitro groups is 1. The van der Waals surface area contributed by atoms with Crippen LogP contribution in [-0.4, -0.2) is 43.8 Å². The highest BCUT2D eigenvalue weighted by Gasteiger charge is 2.31. The van der Waals surface area contributed by atoms with Crippen LogP contribution >= 0.6 is 12.4 Å². The normalized spacial score (nSPS) is 14.9. The summed E-state index contributed by atoms with van der Waals surface area (Å²) in [5, 5.41) is 14.3. The van der Waals surface area contributed by atoms with Gasteiger partial charge in [0.2, 0.25) is 10.0 Å². The molecule has 1 aliphatic heterocycles. The molecule has 28 heavy (non-hydrogen) atoms. The number of benzene rings is 2. The van der Waals surface area contributed by atoms with Crippen molar-refractivity contribution in [2.24, 2.45) is 0 Å². The van der Waals surface area contributed by atoms with Gasteiger partial charge in [0.05, 0.1) is 4.92 Å². The molecule has 0 aliphatic carbocycles. The second-order valence-electron chi connectivity index (χ2n) is 6.47. The second-order valence-corrected chi connectivity index (χ2v) is 8.37. The van der Waals surface area contributed by atoms with E-state index in [0.717, 1.165) is 17.2 Å². The molecule has 1 saturated heterocycles. The Bertz CT molecular complexity index is 955. The predicted molar refractivity (Wildman–Crippen MR) is 108 cm³/mol. The molecular formula is C18H22ClN3O5S. The van der Waals surface area contributed by atoms with E-state index < -0.39 is 14.9 Å². The Morgan fingerprint density at radius 2 is 1.68 bits per heavy atom. The van der Waals surface area contributed by atoms with E-state index in [-0.39, 0.29) is 28.7 Å². The van der Waals surface area contributed by atoms with Crippen molar-refractivity contribution < 1.29 is 18.1 Å². The minimum atomic E-state index is -3.93. The summed E-state index contributed by atoms with van der Waals surface area (Å²) in [6.07, 6.45) is 0. The number of rotatable bonds is 5. The van der Waals surface area contributed by atoms with Crippen molar-refractivity contribution in [3.8, 4) is 11.5 Å². The van der Waals surface area contributed by atoms with E-state index in [2.05, 4.69) is 5.32 Å². The van der Waals surface area contributed by atoms with Gasteiger partial charge in [0.1, 0.15) is 16.4 Å². The number of ether oxygens (including phenoxy) is 1. The molecule has 1 fully saturated rings. The molecule has 0 radical (unpaired) electrons. The lowest BCUT2D eigenvalue weighted by Gasteiger charge is -2.27. The van der Waals surface area contributed by atoms with Crippen LogP contribution in [0.25, 0.3) is 0 Å². The van der Waals surface area contributed by atoms with Gasteiger partial charge in [-0.25, -0.2) is 8.42 Å². The molecule has 1 aliphatic rings. The number of non-ortho nitro benzene ring substituents is 1. The summed E-state index contributed by atoms with van der Waals surface area (Å²) in [7, 11) is -3.93. The van der Waals surface area contributed by atoms with Crippen LogP contribution in [0.4, 0.5) is 5.69 Å². The molecule has 0 aromatic heterocycles. The molecule has 1 N–H and O–H groups in total. The molecule has 3 rings (SSSR count). The molecule has 8 nitrogen and oxygen atoms in total. The Kier molecular flexibility index (Phi) is 7.00. The summed E-state index contributed by atoms with van der Waals surface area (Å²) in [6, 6.07) is 9.20. The number of hydrogen-bond donors (Lipinski definition) is 1. The number of sulfonamides is 1. The summed E-state index contributed by atoms with van der Waals surface area (Å²) in [5.74, 6) is 0.558. The van der Waals surface area contributed by atoms with Crippen molar-refractivity contribution in [2.75, 3.05) is 26.2 Å². The fraction of sp³-hybridized carbons (Fsp3) is 0.333. The summed E-state index contributed by atoms with van der Waals surface area (Å²) >= 11 is 0. The van der Waals surface area contributed by atoms with Crippen LogP contribution in [-0.2, 0) is 10.0 Å². The first-order valence-corrected chi connectivity index (χ1v) is 9.97. The third-order valence-electron chi connectivity index (χ3n) is 4.25. The zero-order valence-corrected chi connectivity index (χ0v) is 17.2. The largest absolute Gasteiger partial charge is 0.456 e. The van der Waals surface area contributed by atoms with E-state index in [4.69, 9.17) is 4.74 Å². The molecule has 0 atom stereocenters. The van der Waals surface area contributed by atoms with Crippen molar-refractivity contribution in [1.82, 2.24) is 9.62 Å². The van der Waals surface area contributed by atoms with Gasteiger partial charge in [-0.1, -0.05) is 6.07 Å². The number of halogens is 1. The van der Waals surface area contributed by atoms with E-state index in [1.54, 1.807) is 12.1 Å². The van der Waals surface area contributed by atoms with Crippen LogP contribution in [0.15, 0.2) is 41.3 Å². The standard InChI is InChI=1S/C18H21N3O5S.ClH/c1-13-9-14(2)11-16(10-13)26-17-4-3-15(21(22)23)12-18(17)27(24,25)20-7-5-19-6-8-20;/h3-4,9-12,19H,5-8H2,1-2H3;1H. The van der Waals surface area contributed by atoms with Gasteiger partial charge in [-0.2, -0.15) is 4.31 Å². The lowest BCUT2D eigenvalue weighted by Crippen LogP contribution is -2.46. The average Bonchev–Trinajstić information content (AvgIpc) is 2.61. The molecule has 0 unspecified atom stereocenters. The molecule has 10 heteroatoms. The Hall–Kier alpha value is -2.20. The van der Waals surface area contributed by atoms with Crippen LogP contribution in [0.2, 0.25) is 0 Å². The van der Waals surface area contributed by atoms with Crippen LogP contribution < -0.4 is 10.1 Å². The molecule has 2 aromatic carbocycles. The first-order chi connectivity index (χ1) is 12.8. The average molecular weight is 428 g/mol. The first-order valence-electron chi connectivity index (χ1n) is 8.53. The quantitative estimate of drug-likeness (QED) is 0.581. The van der Waals surface area contributed by atoms with Gasteiger partial charge < -0.3 is 10.1 Å². The smallest absolute Gasteiger partial charge is 0.271 e. The van der Waals surface area contributed by atoms with E-state index >= 15 is 0 Å². The lowest BCUT2D eigenvalue weighted by molar-refractivity contribution is -0.385. The SMILES string of the molecule is Cc1cc(C)cc(Oc2ccc([N+](=O)[O-])cc2S(=O)(=O)N2CCNCC2)c1.Cl. The van der Waals surface area contributed by atoms with Crippen molar-refractivity contribution >= 4 is 28.1 Å². The molecule has 0 amide bonds. The Balaban J connectivity index is 0.00000280. The highest BCUT2D eigenvalue weighted by molar-refractivity contribution is 7.89. The summed E-state index contributed by atoms with van der Waals surface area (Å²) in [4.78, 5) is 10.4. The fourth-order valence-corrected chi connectivity index (χ4v) is 4.61. The highest BCUT2D eigenvalue weighted by atomic mass is 35.5. The molecule has 2 aromatic rings. The van der Waals surface area contributed by atoms with Crippen LogP contribution in [0.3, 0.4) is 0 Å². The zero-order chi connectivity index (χ0) is 19.6. The Labute approximate surface area is 170 Å². The van der Waals surface area contributed by atoms with Crippen LogP contribution in [0.5, 0.6) is 11.5 Å². The van der Waals surface area contributed by atoms with Crippen molar-refractivity contribution in [3.63, 3.8) is 0 Å². The Morgan fingerprint density at radius 3 is 2.25 bits per heavy atom. The summed E-state index contributed by atoms with van der Waals surface area (Å²) < 4.78 is 33.4. The minimum Gasteiger partial charge on any atom is -0.456 e. The second kappa shape index (κ2) is 8.87. The third kappa shape index (κ3) is 4.79. The monoisotopic (exact) mass is 427 g/mol. The molecule has 0 spiro atoms. The number of piperazine rings is 1. The summed E-state index contributed by atoms with van der Waals surface area (Å²) in [5.41, 5.74) is 1.65. The van der Waals surface area contributed by atoms with Crippen LogP contribution in [0, 0.1) is 24.0 Å². The van der Waals surface area contributed by atoms with E-state index in [1.165, 1.54) is 16.4 Å². The van der Waals surface area contributed by atoms with Gasteiger partial charge >= 0.3 is 0 Å². The van der Waals surface area contributed by atoms with Gasteiger partial charge in [0.15, 0.2) is 0 Å². The molecule has 152 valence electrons. The predicted octanol–water partition coefficient (Wildman–Crippen LogP) is 3.02. The lowest BCUT2D eigenvalue weighted by atomic mass is 10.1. The van der Waals surface area contributed by atoms with Gasteiger partial charge in [-0.3, -0.25) is 10.1 Å². The number of nitrogens with zero attached hydrogens (tertiary/aromatic N) is 2. The minimum absolute atomic E-state index is 0. The molecule has 0 bridgehead atoms. The van der Waals surface area contributed by atoms with Gasteiger partial charge in [-0.15, -0.1) is 12.4 Å². The highest BCUT2D eigenvalue weighted by Crippen LogP contribution is 2.34. The molecule has 0 saturated carbocycles. The van der Waals surface area contributed by atoms with E-state index in [1.807, 2.05) is 19.9 Å². The van der Waals surface area contributed by atoms with Crippen LogP contribution in [0.1, 0.15) is 11.1 Å². The number of hydrogen-bond acceptors (Lipinski definition) is 6. The molecule has 1 heterocycles. The number of nitro benzene ring substituents is 1. The van der Waals surface area contributed by atoms with Gasteiger partial charge in [0, 0.05) is 38.3 Å². The molecular weight excluding hydrogens is 406 g/mol. The number of nitrogens with one attached hydrogen (secondary N) is 1. The van der Waals surface area contributed by atoms with Crippen molar-refractivity contribution in [1.29, 1.82) is 0 Å². The van der Waals surface area contributed by atoms with E-state index in [9.17, 15) is 18.5 Å². The van der Waals surface area contributed by atoms with Gasteiger partial charge in [-0.05, 0) is 43.2 Å². The Morgan fingerprint density at radius 1 is 1.07 bits per heavy atom. The summed E-state index contributed by atoms with van der Waals surface area (Å²) in [6.45, 7) is 5.48. The third-order valence-corrected chi connectivity index (χ3v) is 6.17. The maximum Gasteiger partial charge on any atom is 0.271 e. The topological polar surface area (TPSA) is 102 Å². The van der Waals surface area contributed by atoms with E-state index in [0.29, 0.717) is 31.9 Å². The number of aryl methyl sites for hydroxylation is 2. The maximum absolute atomic E-state index is 13.1. The fourth-order valence-electron chi connectivity index (χ4n) is 3.04.